The average molecular weight is 329 g/mol. The third kappa shape index (κ3) is 2.66. The predicted octanol–water partition coefficient (Wildman–Crippen LogP) is 2.64. The number of halogens is 1. The quantitative estimate of drug-likeness (QED) is 0.723. The first kappa shape index (κ1) is 14.5. The van der Waals surface area contributed by atoms with Crippen LogP contribution in [0.3, 0.4) is 0 Å². The summed E-state index contributed by atoms with van der Waals surface area (Å²) in [6.45, 7) is 3.88. The van der Waals surface area contributed by atoms with E-state index >= 15 is 0 Å². The number of benzene rings is 1. The molecule has 0 N–H and O–H groups in total. The normalized spacial score (nSPS) is 16.2. The van der Waals surface area contributed by atoms with E-state index in [2.05, 4.69) is 31.2 Å². The second-order valence-corrected chi connectivity index (χ2v) is 6.46. The van der Waals surface area contributed by atoms with Crippen molar-refractivity contribution in [2.75, 3.05) is 38.1 Å². The summed E-state index contributed by atoms with van der Waals surface area (Å²) >= 11 is 1.36. The molecule has 0 spiro atoms. The van der Waals surface area contributed by atoms with Crippen molar-refractivity contribution in [2.24, 2.45) is 0 Å². The molecule has 1 aliphatic rings. The highest BCUT2D eigenvalue weighted by atomic mass is 32.1. The van der Waals surface area contributed by atoms with Gasteiger partial charge in [-0.25, -0.2) is 14.4 Å². The Kier molecular flexibility index (Phi) is 3.66. The monoisotopic (exact) mass is 329 g/mol. The van der Waals surface area contributed by atoms with Crippen LogP contribution in [0, 0.1) is 5.82 Å². The highest BCUT2D eigenvalue weighted by molar-refractivity contribution is 7.13. The molecule has 23 heavy (non-hydrogen) atoms. The Morgan fingerprint density at radius 3 is 2.52 bits per heavy atom. The van der Waals surface area contributed by atoms with E-state index in [1.54, 1.807) is 18.5 Å². The molecule has 1 saturated heterocycles. The van der Waals surface area contributed by atoms with Crippen LogP contribution in [0.15, 0.2) is 30.6 Å². The van der Waals surface area contributed by atoms with Gasteiger partial charge >= 0.3 is 0 Å². The van der Waals surface area contributed by atoms with Crippen LogP contribution < -0.4 is 4.90 Å². The lowest BCUT2D eigenvalue weighted by Crippen LogP contribution is -2.44. The van der Waals surface area contributed by atoms with Crippen molar-refractivity contribution < 1.29 is 4.39 Å². The van der Waals surface area contributed by atoms with Gasteiger partial charge in [-0.1, -0.05) is 0 Å². The zero-order chi connectivity index (χ0) is 15.8. The molecule has 2 aromatic heterocycles. The van der Waals surface area contributed by atoms with Crippen LogP contribution in [0.25, 0.3) is 21.5 Å². The minimum atomic E-state index is -0.246. The minimum Gasteiger partial charge on any atom is -0.353 e. The Bertz CT molecular complexity index is 824. The summed E-state index contributed by atoms with van der Waals surface area (Å²) < 4.78 is 17.7. The Labute approximate surface area is 137 Å². The number of nitrogens with zero attached hydrogens (tertiary/aromatic N) is 5. The number of hydrogen-bond donors (Lipinski definition) is 0. The first-order valence-electron chi connectivity index (χ1n) is 7.52. The topological polar surface area (TPSA) is 45.2 Å². The zero-order valence-corrected chi connectivity index (χ0v) is 13.6. The van der Waals surface area contributed by atoms with Crippen molar-refractivity contribution in [3.8, 4) is 11.3 Å². The molecule has 0 saturated carbocycles. The van der Waals surface area contributed by atoms with E-state index in [-0.39, 0.29) is 5.82 Å². The molecular formula is C16H16FN5S. The number of fused-ring (bicyclic) bond motifs is 1. The Morgan fingerprint density at radius 1 is 1.04 bits per heavy atom. The van der Waals surface area contributed by atoms with E-state index in [4.69, 9.17) is 0 Å². The fraction of sp³-hybridized carbons (Fsp3) is 0.312. The first-order valence-corrected chi connectivity index (χ1v) is 8.29. The minimum absolute atomic E-state index is 0.246. The van der Waals surface area contributed by atoms with Gasteiger partial charge in [0.15, 0.2) is 0 Å². The van der Waals surface area contributed by atoms with E-state index < -0.39 is 0 Å². The molecule has 0 radical (unpaired) electrons. The van der Waals surface area contributed by atoms with Crippen molar-refractivity contribution in [3.63, 3.8) is 0 Å². The lowest BCUT2D eigenvalue weighted by atomic mass is 10.1. The number of piperazine rings is 1. The van der Waals surface area contributed by atoms with Gasteiger partial charge in [-0.2, -0.15) is 4.37 Å². The molecule has 0 amide bonds. The molecule has 1 aromatic carbocycles. The van der Waals surface area contributed by atoms with Gasteiger partial charge in [0, 0.05) is 31.7 Å². The molecule has 0 aliphatic carbocycles. The maximum Gasteiger partial charge on any atom is 0.149 e. The van der Waals surface area contributed by atoms with Crippen LogP contribution in [-0.4, -0.2) is 52.5 Å². The van der Waals surface area contributed by atoms with E-state index in [0.29, 0.717) is 0 Å². The van der Waals surface area contributed by atoms with Gasteiger partial charge in [0.05, 0.1) is 11.1 Å². The average Bonchev–Trinajstić information content (AvgIpc) is 3.00. The molecule has 4 rings (SSSR count). The molecule has 118 valence electrons. The van der Waals surface area contributed by atoms with Gasteiger partial charge in [-0.3, -0.25) is 0 Å². The van der Waals surface area contributed by atoms with Crippen LogP contribution in [0.1, 0.15) is 0 Å². The van der Waals surface area contributed by atoms with Crippen molar-refractivity contribution in [1.82, 2.24) is 19.2 Å². The van der Waals surface area contributed by atoms with E-state index in [9.17, 15) is 4.39 Å². The standard InChI is InChI=1S/C16H16FN5S/c1-21-6-8-22(9-7-21)15-13-14(11-2-4-12(17)5-3-11)20-23-16(13)19-10-18-15/h2-5,10H,6-9H2,1H3. The van der Waals surface area contributed by atoms with Crippen molar-refractivity contribution in [2.45, 2.75) is 0 Å². The molecule has 0 atom stereocenters. The molecule has 3 heterocycles. The summed E-state index contributed by atoms with van der Waals surface area (Å²) in [6, 6.07) is 6.43. The van der Waals surface area contributed by atoms with Crippen LogP contribution >= 0.6 is 11.5 Å². The van der Waals surface area contributed by atoms with Gasteiger partial charge < -0.3 is 9.80 Å². The fourth-order valence-corrected chi connectivity index (χ4v) is 3.58. The molecular weight excluding hydrogens is 313 g/mol. The smallest absolute Gasteiger partial charge is 0.149 e. The second kappa shape index (κ2) is 5.82. The molecule has 0 bridgehead atoms. The number of aromatic nitrogens is 3. The van der Waals surface area contributed by atoms with Crippen molar-refractivity contribution in [1.29, 1.82) is 0 Å². The summed E-state index contributed by atoms with van der Waals surface area (Å²) in [5.41, 5.74) is 1.72. The van der Waals surface area contributed by atoms with Gasteiger partial charge in [0.2, 0.25) is 0 Å². The first-order chi connectivity index (χ1) is 11.2. The Morgan fingerprint density at radius 2 is 1.78 bits per heavy atom. The summed E-state index contributed by atoms with van der Waals surface area (Å²) in [5, 5.41) is 0.966. The molecule has 1 fully saturated rings. The zero-order valence-electron chi connectivity index (χ0n) is 12.7. The van der Waals surface area contributed by atoms with Gasteiger partial charge in [-0.15, -0.1) is 0 Å². The molecule has 7 heteroatoms. The largest absolute Gasteiger partial charge is 0.353 e. The summed E-state index contributed by atoms with van der Waals surface area (Å²) in [5.74, 6) is 0.681. The molecule has 5 nitrogen and oxygen atoms in total. The Balaban J connectivity index is 1.82. The van der Waals surface area contributed by atoms with E-state index in [0.717, 1.165) is 53.5 Å². The van der Waals surface area contributed by atoms with Crippen LogP contribution in [-0.2, 0) is 0 Å². The number of likely N-dealkylation sites (N-methyl/N-ethyl adjacent to an activating group) is 1. The third-order valence-corrected chi connectivity index (χ3v) is 4.93. The van der Waals surface area contributed by atoms with Crippen LogP contribution in [0.2, 0.25) is 0 Å². The van der Waals surface area contributed by atoms with E-state index in [1.807, 2.05) is 0 Å². The lowest BCUT2D eigenvalue weighted by molar-refractivity contribution is 0.312. The van der Waals surface area contributed by atoms with E-state index in [1.165, 1.54) is 23.7 Å². The van der Waals surface area contributed by atoms with Crippen LogP contribution in [0.5, 0.6) is 0 Å². The van der Waals surface area contributed by atoms with Gasteiger partial charge in [0.1, 0.15) is 22.8 Å². The molecule has 0 unspecified atom stereocenters. The lowest BCUT2D eigenvalue weighted by Gasteiger charge is -2.33. The summed E-state index contributed by atoms with van der Waals surface area (Å²) in [7, 11) is 2.13. The highest BCUT2D eigenvalue weighted by Gasteiger charge is 2.21. The molecule has 3 aromatic rings. The molecule has 1 aliphatic heterocycles. The van der Waals surface area contributed by atoms with Crippen LogP contribution in [0.4, 0.5) is 10.2 Å². The van der Waals surface area contributed by atoms with Gasteiger partial charge in [0.25, 0.3) is 0 Å². The highest BCUT2D eigenvalue weighted by Crippen LogP contribution is 2.35. The maximum atomic E-state index is 13.2. The SMILES string of the molecule is CN1CCN(c2ncnc3snc(-c4ccc(F)cc4)c23)CC1. The third-order valence-electron chi connectivity index (χ3n) is 4.17. The number of hydrogen-bond acceptors (Lipinski definition) is 6. The van der Waals surface area contributed by atoms with Crippen molar-refractivity contribution >= 4 is 27.6 Å². The second-order valence-electron chi connectivity index (χ2n) is 5.71. The Hall–Kier alpha value is -2.12. The fourth-order valence-electron chi connectivity index (χ4n) is 2.83. The predicted molar refractivity (Wildman–Crippen MR) is 90.3 cm³/mol. The van der Waals surface area contributed by atoms with Gasteiger partial charge in [-0.05, 0) is 42.8 Å². The summed E-state index contributed by atoms with van der Waals surface area (Å²) in [6.07, 6.45) is 1.60. The van der Waals surface area contributed by atoms with Crippen molar-refractivity contribution in [3.05, 3.63) is 36.4 Å². The number of rotatable bonds is 2. The number of anilines is 1. The summed E-state index contributed by atoms with van der Waals surface area (Å²) in [4.78, 5) is 14.3. The maximum absolute atomic E-state index is 13.2.